The molecule has 35 heavy (non-hydrogen) atoms. The van der Waals surface area contributed by atoms with Gasteiger partial charge in [-0.2, -0.15) is 0 Å². The Labute approximate surface area is 199 Å². The van der Waals surface area contributed by atoms with Gasteiger partial charge in [0.25, 0.3) is 11.8 Å². The first-order valence-corrected chi connectivity index (χ1v) is 10.4. The minimum atomic E-state index is -0.924. The lowest BCUT2D eigenvalue weighted by Gasteiger charge is -2.26. The van der Waals surface area contributed by atoms with E-state index in [2.05, 4.69) is 10.1 Å². The third-order valence-corrected chi connectivity index (χ3v) is 5.21. The largest absolute Gasteiger partial charge is 0.488 e. The number of para-hydroxylation sites is 1. The van der Waals surface area contributed by atoms with Crippen LogP contribution in [-0.4, -0.2) is 30.9 Å². The topological polar surface area (TPSA) is 102 Å². The minimum absolute atomic E-state index is 0.0653. The molecule has 0 radical (unpaired) electrons. The molecule has 4 rings (SSSR count). The molecule has 1 heterocycles. The predicted octanol–water partition coefficient (Wildman–Crippen LogP) is 3.86. The van der Waals surface area contributed by atoms with E-state index in [1.165, 1.54) is 43.5 Å². The van der Waals surface area contributed by atoms with E-state index in [1.54, 1.807) is 42.5 Å². The van der Waals surface area contributed by atoms with Crippen molar-refractivity contribution in [3.8, 4) is 5.75 Å². The second-order valence-corrected chi connectivity index (χ2v) is 7.41. The SMILES string of the molecule is COC(=O)c1ccc(N2C(=O)NC(=O)/C(=C\c3ccccc3OCc3ccccc3F)C2=O)cc1. The highest BCUT2D eigenvalue weighted by Crippen LogP contribution is 2.26. The summed E-state index contributed by atoms with van der Waals surface area (Å²) < 4.78 is 24.3. The maximum absolute atomic E-state index is 13.9. The van der Waals surface area contributed by atoms with Crippen molar-refractivity contribution in [1.82, 2.24) is 5.32 Å². The Balaban J connectivity index is 1.62. The van der Waals surface area contributed by atoms with E-state index in [0.717, 1.165) is 4.90 Å². The van der Waals surface area contributed by atoms with E-state index < -0.39 is 29.6 Å². The molecule has 3 aromatic rings. The lowest BCUT2D eigenvalue weighted by molar-refractivity contribution is -0.122. The van der Waals surface area contributed by atoms with Gasteiger partial charge in [0.15, 0.2) is 0 Å². The second kappa shape index (κ2) is 10.0. The highest BCUT2D eigenvalue weighted by atomic mass is 19.1. The van der Waals surface area contributed by atoms with Gasteiger partial charge in [-0.25, -0.2) is 18.9 Å². The highest BCUT2D eigenvalue weighted by molar-refractivity contribution is 6.39. The van der Waals surface area contributed by atoms with Crippen LogP contribution in [0, 0.1) is 5.82 Å². The van der Waals surface area contributed by atoms with E-state index in [4.69, 9.17) is 4.74 Å². The monoisotopic (exact) mass is 474 g/mol. The van der Waals surface area contributed by atoms with E-state index in [9.17, 15) is 23.6 Å². The maximum atomic E-state index is 13.9. The first-order valence-electron chi connectivity index (χ1n) is 10.4. The Bertz CT molecular complexity index is 1350. The molecule has 1 saturated heterocycles. The van der Waals surface area contributed by atoms with Crippen molar-refractivity contribution in [2.75, 3.05) is 12.0 Å². The molecule has 0 unspecified atom stereocenters. The van der Waals surface area contributed by atoms with Gasteiger partial charge in [-0.3, -0.25) is 14.9 Å². The number of hydrogen-bond donors (Lipinski definition) is 1. The highest BCUT2D eigenvalue weighted by Gasteiger charge is 2.37. The molecule has 3 aromatic carbocycles. The zero-order valence-corrected chi connectivity index (χ0v) is 18.5. The van der Waals surface area contributed by atoms with Crippen molar-refractivity contribution in [2.45, 2.75) is 6.61 Å². The molecule has 1 aliphatic rings. The van der Waals surface area contributed by atoms with Gasteiger partial charge in [0.2, 0.25) is 0 Å². The number of barbiturate groups is 1. The number of urea groups is 1. The van der Waals surface area contributed by atoms with Crippen LogP contribution in [0.3, 0.4) is 0 Å². The average Bonchev–Trinajstić information content (AvgIpc) is 2.86. The smallest absolute Gasteiger partial charge is 0.337 e. The van der Waals surface area contributed by atoms with Gasteiger partial charge in [-0.05, 0) is 42.5 Å². The van der Waals surface area contributed by atoms with Crippen molar-refractivity contribution in [3.05, 3.63) is 101 Å². The zero-order valence-electron chi connectivity index (χ0n) is 18.5. The molecule has 0 saturated carbocycles. The third-order valence-electron chi connectivity index (χ3n) is 5.21. The third kappa shape index (κ3) is 4.93. The molecule has 176 valence electrons. The molecular formula is C26H19FN2O6. The molecule has 1 fully saturated rings. The summed E-state index contributed by atoms with van der Waals surface area (Å²) in [7, 11) is 1.23. The second-order valence-electron chi connectivity index (χ2n) is 7.41. The zero-order chi connectivity index (χ0) is 24.9. The van der Waals surface area contributed by atoms with Gasteiger partial charge in [0.05, 0.1) is 18.4 Å². The Kier molecular flexibility index (Phi) is 6.68. The first-order chi connectivity index (χ1) is 16.9. The van der Waals surface area contributed by atoms with Gasteiger partial charge in [0, 0.05) is 11.1 Å². The van der Waals surface area contributed by atoms with Crippen LogP contribution in [0.25, 0.3) is 6.08 Å². The number of nitrogens with one attached hydrogen (secondary N) is 1. The Hall–Kier alpha value is -4.79. The summed E-state index contributed by atoms with van der Waals surface area (Å²) in [6, 6.07) is 17.4. The van der Waals surface area contributed by atoms with Crippen LogP contribution in [0.4, 0.5) is 14.9 Å². The fourth-order valence-corrected chi connectivity index (χ4v) is 3.41. The van der Waals surface area contributed by atoms with E-state index in [0.29, 0.717) is 16.9 Å². The number of carbonyl (C=O) groups is 4. The number of benzene rings is 3. The average molecular weight is 474 g/mol. The van der Waals surface area contributed by atoms with Crippen LogP contribution in [0.1, 0.15) is 21.5 Å². The van der Waals surface area contributed by atoms with Gasteiger partial charge >= 0.3 is 12.0 Å². The number of halogens is 1. The quantitative estimate of drug-likeness (QED) is 0.331. The summed E-state index contributed by atoms with van der Waals surface area (Å²) >= 11 is 0. The Morgan fingerprint density at radius 2 is 1.66 bits per heavy atom. The molecule has 0 spiro atoms. The Morgan fingerprint density at radius 3 is 2.37 bits per heavy atom. The first kappa shape index (κ1) is 23.4. The van der Waals surface area contributed by atoms with Crippen LogP contribution < -0.4 is 15.0 Å². The van der Waals surface area contributed by atoms with Crippen molar-refractivity contribution in [3.63, 3.8) is 0 Å². The summed E-state index contributed by atoms with van der Waals surface area (Å²) in [5.41, 5.74) is 0.811. The number of amides is 4. The lowest BCUT2D eigenvalue weighted by Crippen LogP contribution is -2.54. The molecule has 0 aliphatic carbocycles. The van der Waals surface area contributed by atoms with E-state index in [1.807, 2.05) is 0 Å². The summed E-state index contributed by atoms with van der Waals surface area (Å²) in [5.74, 6) is -2.40. The maximum Gasteiger partial charge on any atom is 0.337 e. The number of esters is 1. The fraction of sp³-hybridized carbons (Fsp3) is 0.0769. The minimum Gasteiger partial charge on any atom is -0.488 e. The van der Waals surface area contributed by atoms with Crippen molar-refractivity contribution < 1.29 is 33.0 Å². The predicted molar refractivity (Wildman–Crippen MR) is 124 cm³/mol. The van der Waals surface area contributed by atoms with Crippen molar-refractivity contribution in [1.29, 1.82) is 0 Å². The number of nitrogens with zero attached hydrogens (tertiary/aromatic N) is 1. The summed E-state index contributed by atoms with van der Waals surface area (Å²) in [5, 5.41) is 2.14. The molecule has 1 aliphatic heterocycles. The van der Waals surface area contributed by atoms with Crippen LogP contribution in [0.2, 0.25) is 0 Å². The number of anilines is 1. The normalized spacial score (nSPS) is 14.6. The van der Waals surface area contributed by atoms with Gasteiger partial charge in [-0.15, -0.1) is 0 Å². The van der Waals surface area contributed by atoms with Crippen molar-refractivity contribution in [2.24, 2.45) is 0 Å². The van der Waals surface area contributed by atoms with Crippen LogP contribution >= 0.6 is 0 Å². The summed E-state index contributed by atoms with van der Waals surface area (Å²) in [6.07, 6.45) is 1.30. The van der Waals surface area contributed by atoms with Gasteiger partial charge in [-0.1, -0.05) is 36.4 Å². The number of ether oxygens (including phenoxy) is 2. The van der Waals surface area contributed by atoms with Crippen molar-refractivity contribution >= 4 is 35.6 Å². The van der Waals surface area contributed by atoms with E-state index >= 15 is 0 Å². The van der Waals surface area contributed by atoms with Gasteiger partial charge < -0.3 is 9.47 Å². The molecule has 1 N–H and O–H groups in total. The summed E-state index contributed by atoms with van der Waals surface area (Å²) in [6.45, 7) is -0.0653. The molecule has 8 nitrogen and oxygen atoms in total. The standard InChI is InChI=1S/C26H19FN2O6/c1-34-25(32)16-10-12-19(13-11-16)29-24(31)20(23(30)28-26(29)33)14-17-6-3-5-9-22(17)35-15-18-7-2-4-8-21(18)27/h2-14H,15H2,1H3,(H,28,30,33)/b20-14+. The fourth-order valence-electron chi connectivity index (χ4n) is 3.41. The number of methoxy groups -OCH3 is 1. The van der Waals surface area contributed by atoms with Crippen LogP contribution in [-0.2, 0) is 20.9 Å². The molecule has 4 amide bonds. The van der Waals surface area contributed by atoms with Gasteiger partial charge in [0.1, 0.15) is 23.7 Å². The Morgan fingerprint density at radius 1 is 0.971 bits per heavy atom. The molecule has 0 atom stereocenters. The summed E-state index contributed by atoms with van der Waals surface area (Å²) in [4.78, 5) is 50.6. The molecular weight excluding hydrogens is 455 g/mol. The van der Waals surface area contributed by atoms with Crippen LogP contribution in [0.5, 0.6) is 5.75 Å². The number of hydrogen-bond acceptors (Lipinski definition) is 6. The lowest BCUT2D eigenvalue weighted by atomic mass is 10.1. The number of rotatable bonds is 6. The number of imide groups is 2. The molecule has 0 aromatic heterocycles. The van der Waals surface area contributed by atoms with E-state index in [-0.39, 0.29) is 23.4 Å². The molecule has 9 heteroatoms. The molecule has 0 bridgehead atoms. The number of carbonyl (C=O) groups excluding carboxylic acids is 4. The van der Waals surface area contributed by atoms with Crippen LogP contribution in [0.15, 0.2) is 78.4 Å².